The van der Waals surface area contributed by atoms with E-state index in [2.05, 4.69) is 16.4 Å². The molecule has 0 saturated heterocycles. The van der Waals surface area contributed by atoms with Gasteiger partial charge in [-0.3, -0.25) is 5.32 Å². The average Bonchev–Trinajstić information content (AvgIpc) is 3.35. The van der Waals surface area contributed by atoms with Crippen molar-refractivity contribution in [3.8, 4) is 0 Å². The van der Waals surface area contributed by atoms with Crippen molar-refractivity contribution >= 4 is 17.7 Å². The highest BCUT2D eigenvalue weighted by atomic mass is 16.6. The SMILES string of the molecule is O=C(Nc1c2c(cc3c1CCC3)CCC2)OC(Cn1ccnc1)C(=O)O. The molecule has 2 aliphatic rings. The summed E-state index contributed by atoms with van der Waals surface area (Å²) in [6.45, 7) is 0.0216. The zero-order valence-corrected chi connectivity index (χ0v) is 14.4. The molecule has 0 bridgehead atoms. The van der Waals surface area contributed by atoms with Gasteiger partial charge < -0.3 is 14.4 Å². The average molecular weight is 355 g/mol. The van der Waals surface area contributed by atoms with Gasteiger partial charge in [0.2, 0.25) is 6.10 Å². The molecule has 0 radical (unpaired) electrons. The lowest BCUT2D eigenvalue weighted by Gasteiger charge is -2.18. The molecule has 4 rings (SSSR count). The minimum absolute atomic E-state index is 0.0216. The molecule has 0 saturated carbocycles. The van der Waals surface area contributed by atoms with Gasteiger partial charge in [-0.25, -0.2) is 14.6 Å². The van der Waals surface area contributed by atoms with E-state index in [-0.39, 0.29) is 6.54 Å². The summed E-state index contributed by atoms with van der Waals surface area (Å²) in [5.41, 5.74) is 5.82. The monoisotopic (exact) mass is 355 g/mol. The second kappa shape index (κ2) is 6.82. The highest BCUT2D eigenvalue weighted by Gasteiger charge is 2.27. The second-order valence-corrected chi connectivity index (χ2v) is 6.85. The van der Waals surface area contributed by atoms with E-state index in [4.69, 9.17) is 4.74 Å². The van der Waals surface area contributed by atoms with Gasteiger partial charge in [0.15, 0.2) is 0 Å². The first-order valence-corrected chi connectivity index (χ1v) is 8.94. The molecule has 2 aromatic rings. The van der Waals surface area contributed by atoms with Crippen LogP contribution in [0, 0.1) is 0 Å². The minimum atomic E-state index is -1.27. The Morgan fingerprint density at radius 2 is 1.88 bits per heavy atom. The standard InChI is InChI=1S/C19H21N3O4/c23-18(24)16(10-22-8-7-20-11-22)26-19(25)21-17-14-5-1-3-12(14)9-13-4-2-6-15(13)17/h7-9,11,16H,1-6,10H2,(H,21,25)(H,23,24). The third-order valence-electron chi connectivity index (χ3n) is 5.16. The lowest BCUT2D eigenvalue weighted by Crippen LogP contribution is -2.33. The van der Waals surface area contributed by atoms with E-state index >= 15 is 0 Å². The molecular weight excluding hydrogens is 334 g/mol. The van der Waals surface area contributed by atoms with Gasteiger partial charge in [-0.2, -0.15) is 0 Å². The number of aryl methyl sites for hydroxylation is 2. The van der Waals surface area contributed by atoms with Gasteiger partial charge >= 0.3 is 12.1 Å². The molecule has 2 aliphatic carbocycles. The molecular formula is C19H21N3O4. The molecule has 7 heteroatoms. The molecule has 1 aromatic heterocycles. The van der Waals surface area contributed by atoms with Crippen molar-refractivity contribution < 1.29 is 19.4 Å². The van der Waals surface area contributed by atoms with E-state index in [1.54, 1.807) is 17.0 Å². The Hall–Kier alpha value is -2.83. The molecule has 1 aromatic carbocycles. The van der Waals surface area contributed by atoms with Crippen molar-refractivity contribution in [3.63, 3.8) is 0 Å². The number of hydrogen-bond acceptors (Lipinski definition) is 4. The summed E-state index contributed by atoms with van der Waals surface area (Å²) < 4.78 is 6.78. The second-order valence-electron chi connectivity index (χ2n) is 6.85. The van der Waals surface area contributed by atoms with Crippen LogP contribution in [-0.2, 0) is 41.8 Å². The number of nitrogens with zero attached hydrogens (tertiary/aromatic N) is 2. The number of hydrogen-bond donors (Lipinski definition) is 2. The Morgan fingerprint density at radius 3 is 2.46 bits per heavy atom. The fraction of sp³-hybridized carbons (Fsp3) is 0.421. The van der Waals surface area contributed by atoms with Crippen molar-refractivity contribution in [1.29, 1.82) is 0 Å². The number of anilines is 1. The van der Waals surface area contributed by atoms with Crippen LogP contribution in [0.1, 0.15) is 35.1 Å². The minimum Gasteiger partial charge on any atom is -0.478 e. The van der Waals surface area contributed by atoms with Crippen LogP contribution in [0.4, 0.5) is 10.5 Å². The van der Waals surface area contributed by atoms with Gasteiger partial charge in [0, 0.05) is 12.4 Å². The number of benzene rings is 1. The van der Waals surface area contributed by atoms with Gasteiger partial charge in [-0.05, 0) is 60.8 Å². The normalized spacial score (nSPS) is 16.0. The number of carboxylic acids is 1. The van der Waals surface area contributed by atoms with Crippen molar-refractivity contribution in [2.75, 3.05) is 5.32 Å². The van der Waals surface area contributed by atoms with E-state index < -0.39 is 18.2 Å². The van der Waals surface area contributed by atoms with E-state index in [0.717, 1.165) is 44.2 Å². The lowest BCUT2D eigenvalue weighted by atomic mass is 9.99. The summed E-state index contributed by atoms with van der Waals surface area (Å²) >= 11 is 0. The summed E-state index contributed by atoms with van der Waals surface area (Å²) in [7, 11) is 0. The van der Waals surface area contributed by atoms with Crippen LogP contribution in [0.15, 0.2) is 24.8 Å². The number of amides is 1. The number of imidazole rings is 1. The fourth-order valence-electron chi connectivity index (χ4n) is 3.98. The molecule has 1 unspecified atom stereocenters. The first-order valence-electron chi connectivity index (χ1n) is 8.94. The van der Waals surface area contributed by atoms with Crippen LogP contribution in [0.2, 0.25) is 0 Å². The fourth-order valence-corrected chi connectivity index (χ4v) is 3.98. The summed E-state index contributed by atoms with van der Waals surface area (Å²) in [5.74, 6) is -1.18. The number of carbonyl (C=O) groups is 2. The Kier molecular flexibility index (Phi) is 4.36. The largest absolute Gasteiger partial charge is 0.478 e. The van der Waals surface area contributed by atoms with Crippen molar-refractivity contribution in [1.82, 2.24) is 9.55 Å². The number of rotatable bonds is 5. The molecule has 1 atom stereocenters. The lowest BCUT2D eigenvalue weighted by molar-refractivity contribution is -0.147. The number of fused-ring (bicyclic) bond motifs is 2. The van der Waals surface area contributed by atoms with Crippen molar-refractivity contribution in [2.24, 2.45) is 0 Å². The Bertz CT molecular complexity index is 813. The summed E-state index contributed by atoms with van der Waals surface area (Å²) in [4.78, 5) is 27.8. The van der Waals surface area contributed by atoms with Crippen molar-refractivity contribution in [2.45, 2.75) is 51.2 Å². The van der Waals surface area contributed by atoms with Crippen LogP contribution < -0.4 is 5.32 Å². The molecule has 2 N–H and O–H groups in total. The van der Waals surface area contributed by atoms with E-state index in [1.807, 2.05) is 0 Å². The number of nitrogens with one attached hydrogen (secondary N) is 1. The third-order valence-corrected chi connectivity index (χ3v) is 5.16. The van der Waals surface area contributed by atoms with Crippen LogP contribution in [0.5, 0.6) is 0 Å². The molecule has 136 valence electrons. The maximum absolute atomic E-state index is 12.4. The first kappa shape index (κ1) is 16.6. The van der Waals surface area contributed by atoms with Crippen LogP contribution in [0.25, 0.3) is 0 Å². The molecule has 1 amide bonds. The predicted octanol–water partition coefficient (Wildman–Crippen LogP) is 2.56. The van der Waals surface area contributed by atoms with Crippen LogP contribution in [-0.4, -0.2) is 32.8 Å². The summed E-state index contributed by atoms with van der Waals surface area (Å²) in [6, 6.07) is 2.28. The van der Waals surface area contributed by atoms with Gasteiger partial charge in [-0.1, -0.05) is 6.07 Å². The zero-order valence-electron chi connectivity index (χ0n) is 14.4. The zero-order chi connectivity index (χ0) is 18.1. The summed E-state index contributed by atoms with van der Waals surface area (Å²) in [5, 5.41) is 12.2. The van der Waals surface area contributed by atoms with Gasteiger partial charge in [0.05, 0.1) is 18.6 Å². The van der Waals surface area contributed by atoms with Crippen LogP contribution in [0.3, 0.4) is 0 Å². The Morgan fingerprint density at radius 1 is 1.19 bits per heavy atom. The predicted molar refractivity (Wildman–Crippen MR) is 94.2 cm³/mol. The highest BCUT2D eigenvalue weighted by Crippen LogP contribution is 2.38. The highest BCUT2D eigenvalue weighted by molar-refractivity contribution is 5.90. The van der Waals surface area contributed by atoms with Crippen LogP contribution >= 0.6 is 0 Å². The van der Waals surface area contributed by atoms with Crippen molar-refractivity contribution in [3.05, 3.63) is 47.0 Å². The van der Waals surface area contributed by atoms with Gasteiger partial charge in [0.25, 0.3) is 0 Å². The molecule has 7 nitrogen and oxygen atoms in total. The maximum Gasteiger partial charge on any atom is 0.412 e. The van der Waals surface area contributed by atoms with E-state index in [1.165, 1.54) is 28.6 Å². The van der Waals surface area contributed by atoms with Gasteiger partial charge in [0.1, 0.15) is 0 Å². The quantitative estimate of drug-likeness (QED) is 0.860. The molecule has 0 aliphatic heterocycles. The number of carbonyl (C=O) groups excluding carboxylic acids is 1. The number of ether oxygens (including phenoxy) is 1. The topological polar surface area (TPSA) is 93.5 Å². The Labute approximate surface area is 151 Å². The Balaban J connectivity index is 1.52. The number of aliphatic carboxylic acids is 1. The molecule has 0 spiro atoms. The number of carboxylic acid groups (broad SMARTS) is 1. The molecule has 26 heavy (non-hydrogen) atoms. The van der Waals surface area contributed by atoms with E-state index in [9.17, 15) is 14.7 Å². The maximum atomic E-state index is 12.4. The third kappa shape index (κ3) is 3.16. The summed E-state index contributed by atoms with van der Waals surface area (Å²) in [6.07, 6.45) is 8.81. The smallest absolute Gasteiger partial charge is 0.412 e. The first-order chi connectivity index (χ1) is 12.6. The number of aromatic nitrogens is 2. The van der Waals surface area contributed by atoms with Gasteiger partial charge in [-0.15, -0.1) is 0 Å². The van der Waals surface area contributed by atoms with E-state index in [0.29, 0.717) is 0 Å². The molecule has 1 heterocycles. The molecule has 0 fully saturated rings.